The third-order valence-electron chi connectivity index (χ3n) is 2.54. The van der Waals surface area contributed by atoms with Gasteiger partial charge in [0.1, 0.15) is 4.90 Å². The highest BCUT2D eigenvalue weighted by Gasteiger charge is 2.13. The molecule has 7 heteroatoms. The van der Waals surface area contributed by atoms with E-state index in [2.05, 4.69) is 9.71 Å². The van der Waals surface area contributed by atoms with Crippen LogP contribution >= 0.6 is 0 Å². The normalized spacial score (nSPS) is 11.8. The number of nitrogens with zero attached hydrogens (tertiary/aromatic N) is 1. The SMILES string of the molecule is CCCCCNS(=O)(=O)c1cncc(C=CC(=O)O)c1. The first-order valence-corrected chi connectivity index (χ1v) is 7.79. The number of pyridine rings is 1. The molecule has 2 N–H and O–H groups in total. The van der Waals surface area contributed by atoms with Gasteiger partial charge in [-0.1, -0.05) is 19.8 Å². The lowest BCUT2D eigenvalue weighted by Crippen LogP contribution is -2.25. The smallest absolute Gasteiger partial charge is 0.328 e. The third-order valence-corrected chi connectivity index (χ3v) is 3.96. The van der Waals surface area contributed by atoms with Crippen LogP contribution in [-0.4, -0.2) is 31.0 Å². The van der Waals surface area contributed by atoms with Crippen molar-refractivity contribution in [3.05, 3.63) is 30.1 Å². The first-order valence-electron chi connectivity index (χ1n) is 6.31. The first kappa shape index (κ1) is 16.3. The molecule has 0 radical (unpaired) electrons. The zero-order chi connectivity index (χ0) is 15.0. The van der Waals surface area contributed by atoms with Gasteiger partial charge in [0.05, 0.1) is 0 Å². The molecule has 0 aliphatic rings. The summed E-state index contributed by atoms with van der Waals surface area (Å²) in [4.78, 5) is 14.3. The molecule has 1 heterocycles. The lowest BCUT2D eigenvalue weighted by molar-refractivity contribution is -0.131. The fraction of sp³-hybridized carbons (Fsp3) is 0.385. The van der Waals surface area contributed by atoms with Crippen molar-refractivity contribution >= 4 is 22.1 Å². The van der Waals surface area contributed by atoms with E-state index in [1.165, 1.54) is 24.5 Å². The Morgan fingerprint density at radius 3 is 2.80 bits per heavy atom. The summed E-state index contributed by atoms with van der Waals surface area (Å²) in [5.41, 5.74) is 0.420. The first-order chi connectivity index (χ1) is 9.45. The molecular formula is C13H18N2O4S. The Labute approximate surface area is 118 Å². The van der Waals surface area contributed by atoms with Crippen molar-refractivity contribution < 1.29 is 18.3 Å². The van der Waals surface area contributed by atoms with Crippen LogP contribution in [0.1, 0.15) is 31.7 Å². The summed E-state index contributed by atoms with van der Waals surface area (Å²) in [5.74, 6) is -1.10. The molecule has 20 heavy (non-hydrogen) atoms. The Bertz CT molecular complexity index is 582. The molecule has 1 aromatic rings. The summed E-state index contributed by atoms with van der Waals surface area (Å²) in [5, 5.41) is 8.53. The second-order valence-electron chi connectivity index (χ2n) is 4.23. The van der Waals surface area contributed by atoms with Crippen molar-refractivity contribution in [1.29, 1.82) is 0 Å². The minimum Gasteiger partial charge on any atom is -0.478 e. The van der Waals surface area contributed by atoms with Gasteiger partial charge >= 0.3 is 5.97 Å². The number of rotatable bonds is 8. The Balaban J connectivity index is 2.79. The molecule has 0 aliphatic heterocycles. The van der Waals surface area contributed by atoms with Gasteiger partial charge in [-0.2, -0.15) is 0 Å². The molecule has 6 nitrogen and oxygen atoms in total. The molecule has 110 valence electrons. The molecule has 0 saturated heterocycles. The molecule has 1 rings (SSSR count). The van der Waals surface area contributed by atoms with E-state index in [9.17, 15) is 13.2 Å². The summed E-state index contributed by atoms with van der Waals surface area (Å²) in [6.07, 6.45) is 7.62. The van der Waals surface area contributed by atoms with E-state index in [0.717, 1.165) is 25.3 Å². The average molecular weight is 298 g/mol. The van der Waals surface area contributed by atoms with Gasteiger partial charge in [-0.05, 0) is 24.1 Å². The van der Waals surface area contributed by atoms with Gasteiger partial charge in [0.2, 0.25) is 10.0 Å². The monoisotopic (exact) mass is 298 g/mol. The van der Waals surface area contributed by atoms with Gasteiger partial charge < -0.3 is 5.11 Å². The van der Waals surface area contributed by atoms with E-state index in [1.54, 1.807) is 0 Å². The van der Waals surface area contributed by atoms with E-state index in [1.807, 2.05) is 6.92 Å². The summed E-state index contributed by atoms with van der Waals surface area (Å²) < 4.78 is 26.5. The number of nitrogens with one attached hydrogen (secondary N) is 1. The van der Waals surface area contributed by atoms with Crippen molar-refractivity contribution in [2.45, 2.75) is 31.1 Å². The number of carboxylic acids is 1. The van der Waals surface area contributed by atoms with Crippen molar-refractivity contribution in [3.63, 3.8) is 0 Å². The number of sulfonamides is 1. The zero-order valence-corrected chi connectivity index (χ0v) is 12.1. The van der Waals surface area contributed by atoms with Crippen LogP contribution in [0.15, 0.2) is 29.4 Å². The van der Waals surface area contributed by atoms with Crippen molar-refractivity contribution in [2.24, 2.45) is 0 Å². The number of hydrogen-bond acceptors (Lipinski definition) is 4. The number of hydrogen-bond donors (Lipinski definition) is 2. The fourth-order valence-corrected chi connectivity index (χ4v) is 2.58. The van der Waals surface area contributed by atoms with Gasteiger partial charge in [0.15, 0.2) is 0 Å². The molecule has 0 amide bonds. The van der Waals surface area contributed by atoms with Crippen LogP contribution in [0.3, 0.4) is 0 Å². The predicted octanol–water partition coefficient (Wildman–Crippen LogP) is 1.65. The fourth-order valence-electron chi connectivity index (χ4n) is 1.51. The predicted molar refractivity (Wildman–Crippen MR) is 75.6 cm³/mol. The second-order valence-corrected chi connectivity index (χ2v) is 6.00. The van der Waals surface area contributed by atoms with Crippen LogP contribution in [0.2, 0.25) is 0 Å². The average Bonchev–Trinajstić information content (AvgIpc) is 2.42. The summed E-state index contributed by atoms with van der Waals surface area (Å²) in [6.45, 7) is 2.42. The highest BCUT2D eigenvalue weighted by atomic mass is 32.2. The molecule has 0 saturated carbocycles. The topological polar surface area (TPSA) is 96.4 Å². The summed E-state index contributed by atoms with van der Waals surface area (Å²) in [7, 11) is -3.60. The maximum absolute atomic E-state index is 12.0. The summed E-state index contributed by atoms with van der Waals surface area (Å²) in [6, 6.07) is 1.38. The van der Waals surface area contributed by atoms with E-state index in [0.29, 0.717) is 12.1 Å². The molecule has 0 atom stereocenters. The minimum absolute atomic E-state index is 0.0292. The van der Waals surface area contributed by atoms with Gasteiger partial charge in [0, 0.05) is 25.0 Å². The second kappa shape index (κ2) is 7.76. The van der Waals surface area contributed by atoms with Crippen LogP contribution in [0.25, 0.3) is 6.08 Å². The Morgan fingerprint density at radius 1 is 1.40 bits per heavy atom. The van der Waals surface area contributed by atoms with Crippen LogP contribution in [-0.2, 0) is 14.8 Å². The van der Waals surface area contributed by atoms with Crippen LogP contribution in [0, 0.1) is 0 Å². The number of carboxylic acid groups (broad SMARTS) is 1. The van der Waals surface area contributed by atoms with E-state index < -0.39 is 16.0 Å². The molecule has 0 spiro atoms. The van der Waals surface area contributed by atoms with Gasteiger partial charge in [-0.15, -0.1) is 0 Å². The molecule has 0 unspecified atom stereocenters. The zero-order valence-electron chi connectivity index (χ0n) is 11.2. The lowest BCUT2D eigenvalue weighted by atomic mass is 10.2. The van der Waals surface area contributed by atoms with Gasteiger partial charge in [0.25, 0.3) is 0 Å². The van der Waals surface area contributed by atoms with Gasteiger partial charge in [-0.3, -0.25) is 4.98 Å². The Kier molecular flexibility index (Phi) is 6.33. The molecule has 0 aromatic carbocycles. The number of unbranched alkanes of at least 4 members (excludes halogenated alkanes) is 2. The number of carbonyl (C=O) groups is 1. The quantitative estimate of drug-likeness (QED) is 0.562. The minimum atomic E-state index is -3.60. The molecule has 0 aliphatic carbocycles. The third kappa shape index (κ3) is 5.50. The standard InChI is InChI=1S/C13H18N2O4S/c1-2-3-4-7-15-20(18,19)12-8-11(9-14-10-12)5-6-13(16)17/h5-6,8-10,15H,2-4,7H2,1H3,(H,16,17). The van der Waals surface area contributed by atoms with Crippen molar-refractivity contribution in [3.8, 4) is 0 Å². The summed E-state index contributed by atoms with van der Waals surface area (Å²) >= 11 is 0. The van der Waals surface area contributed by atoms with Crippen molar-refractivity contribution in [2.75, 3.05) is 6.54 Å². The maximum Gasteiger partial charge on any atom is 0.328 e. The highest BCUT2D eigenvalue weighted by molar-refractivity contribution is 7.89. The molecule has 1 aromatic heterocycles. The molecule has 0 fully saturated rings. The van der Waals surface area contributed by atoms with Gasteiger partial charge in [-0.25, -0.2) is 17.9 Å². The Morgan fingerprint density at radius 2 is 2.15 bits per heavy atom. The van der Waals surface area contributed by atoms with Crippen LogP contribution < -0.4 is 4.72 Å². The van der Waals surface area contributed by atoms with Crippen LogP contribution in [0.4, 0.5) is 0 Å². The van der Waals surface area contributed by atoms with Crippen LogP contribution in [0.5, 0.6) is 0 Å². The highest BCUT2D eigenvalue weighted by Crippen LogP contribution is 2.11. The Hall–Kier alpha value is -1.73. The lowest BCUT2D eigenvalue weighted by Gasteiger charge is -2.06. The van der Waals surface area contributed by atoms with Crippen molar-refractivity contribution in [1.82, 2.24) is 9.71 Å². The molecule has 0 bridgehead atoms. The van der Waals surface area contributed by atoms with E-state index in [4.69, 9.17) is 5.11 Å². The number of aromatic nitrogens is 1. The molecular weight excluding hydrogens is 280 g/mol. The maximum atomic E-state index is 12.0. The largest absolute Gasteiger partial charge is 0.478 e. The van der Waals surface area contributed by atoms with E-state index >= 15 is 0 Å². The number of aliphatic carboxylic acids is 1. The van der Waals surface area contributed by atoms with E-state index in [-0.39, 0.29) is 4.90 Å².